The number of allylic oxidation sites excluding steroid dienone is 1. The lowest BCUT2D eigenvalue weighted by Gasteiger charge is -2.21. The standard InChI is InChI=1S/C19H17N3O/c1-12-7-5-6-10-14(12)15-11-16(23)17(18(20)19(15)22-21)13-8-3-2-4-9-13/h2-11,18,23H,20H2,1H3. The van der Waals surface area contributed by atoms with Crippen molar-refractivity contribution in [3.05, 3.63) is 88.7 Å². The van der Waals surface area contributed by atoms with Gasteiger partial charge in [0.25, 0.3) is 0 Å². The van der Waals surface area contributed by atoms with E-state index in [1.165, 1.54) is 0 Å². The molecular formula is C19H17N3O. The van der Waals surface area contributed by atoms with E-state index in [0.29, 0.717) is 16.9 Å². The van der Waals surface area contributed by atoms with Crippen LogP contribution in [0.4, 0.5) is 0 Å². The molecule has 2 aromatic rings. The second kappa shape index (κ2) is 6.05. The minimum absolute atomic E-state index is 0.0920. The van der Waals surface area contributed by atoms with E-state index < -0.39 is 6.04 Å². The summed E-state index contributed by atoms with van der Waals surface area (Å²) in [6.07, 6.45) is 1.61. The van der Waals surface area contributed by atoms with Crippen LogP contribution in [-0.2, 0) is 0 Å². The van der Waals surface area contributed by atoms with E-state index in [2.05, 4.69) is 4.79 Å². The predicted octanol–water partition coefficient (Wildman–Crippen LogP) is 3.36. The van der Waals surface area contributed by atoms with Crippen LogP contribution in [0.5, 0.6) is 0 Å². The molecule has 1 aliphatic carbocycles. The molecule has 1 unspecified atom stereocenters. The summed E-state index contributed by atoms with van der Waals surface area (Å²) in [6, 6.07) is 16.4. The molecule has 1 aliphatic rings. The molecular weight excluding hydrogens is 286 g/mol. The van der Waals surface area contributed by atoms with Crippen molar-refractivity contribution in [3.63, 3.8) is 0 Å². The van der Waals surface area contributed by atoms with Gasteiger partial charge in [-0.05, 0) is 29.7 Å². The maximum Gasteiger partial charge on any atom is 0.321 e. The number of hydrogen-bond donors (Lipinski definition) is 2. The first-order valence-electron chi connectivity index (χ1n) is 7.37. The molecule has 0 saturated heterocycles. The number of benzene rings is 2. The van der Waals surface area contributed by atoms with Gasteiger partial charge in [-0.15, -0.1) is 0 Å². The van der Waals surface area contributed by atoms with Crippen molar-refractivity contribution in [2.45, 2.75) is 13.0 Å². The lowest BCUT2D eigenvalue weighted by atomic mass is 9.83. The zero-order valence-corrected chi connectivity index (χ0v) is 12.8. The normalized spacial score (nSPS) is 17.7. The largest absolute Gasteiger partial charge is 0.508 e. The summed E-state index contributed by atoms with van der Waals surface area (Å²) in [7, 11) is 0. The Morgan fingerprint density at radius 2 is 1.70 bits per heavy atom. The smallest absolute Gasteiger partial charge is 0.321 e. The van der Waals surface area contributed by atoms with E-state index in [9.17, 15) is 10.6 Å². The predicted molar refractivity (Wildman–Crippen MR) is 91.7 cm³/mol. The highest BCUT2D eigenvalue weighted by molar-refractivity contribution is 6.29. The zero-order chi connectivity index (χ0) is 16.4. The first kappa shape index (κ1) is 15.0. The van der Waals surface area contributed by atoms with Crippen LogP contribution in [-0.4, -0.2) is 21.6 Å². The minimum atomic E-state index is -0.706. The molecule has 4 heteroatoms. The number of aliphatic hydroxyl groups is 1. The Kier molecular flexibility index (Phi) is 3.94. The summed E-state index contributed by atoms with van der Waals surface area (Å²) in [5, 5.41) is 10.5. The monoisotopic (exact) mass is 303 g/mol. The number of nitrogens with two attached hydrogens (primary N) is 1. The minimum Gasteiger partial charge on any atom is -0.508 e. The van der Waals surface area contributed by atoms with Crippen LogP contribution in [0.3, 0.4) is 0 Å². The van der Waals surface area contributed by atoms with Crippen LogP contribution in [0, 0.1) is 6.92 Å². The third-order valence-electron chi connectivity index (χ3n) is 4.07. The van der Waals surface area contributed by atoms with Gasteiger partial charge in [0.1, 0.15) is 11.8 Å². The maximum absolute atomic E-state index is 10.5. The molecule has 0 bridgehead atoms. The quantitative estimate of drug-likeness (QED) is 0.658. The lowest BCUT2D eigenvalue weighted by Crippen LogP contribution is -2.36. The molecule has 1 atom stereocenters. The summed E-state index contributed by atoms with van der Waals surface area (Å²) in [5.41, 5.74) is 20.0. The Labute approximate surface area is 134 Å². The molecule has 0 radical (unpaired) electrons. The SMILES string of the molecule is Cc1ccccc1C1=CC(O)=C(c2ccccc2)C(N)C1=[N+]=[N-]. The van der Waals surface area contributed by atoms with Crippen LogP contribution >= 0.6 is 0 Å². The van der Waals surface area contributed by atoms with Crippen molar-refractivity contribution in [1.29, 1.82) is 0 Å². The van der Waals surface area contributed by atoms with E-state index in [-0.39, 0.29) is 5.76 Å². The summed E-state index contributed by atoms with van der Waals surface area (Å²) in [6.45, 7) is 1.96. The Balaban J connectivity index is 2.22. The van der Waals surface area contributed by atoms with Crippen LogP contribution in [0.25, 0.3) is 16.7 Å². The Morgan fingerprint density at radius 3 is 2.35 bits per heavy atom. The second-order valence-corrected chi connectivity index (χ2v) is 5.50. The fourth-order valence-electron chi connectivity index (χ4n) is 2.90. The van der Waals surface area contributed by atoms with Crippen LogP contribution in [0.2, 0.25) is 0 Å². The van der Waals surface area contributed by atoms with E-state index >= 15 is 0 Å². The summed E-state index contributed by atoms with van der Waals surface area (Å²) in [5.74, 6) is 0.0920. The number of aliphatic hydroxyl groups excluding tert-OH is 1. The molecule has 23 heavy (non-hydrogen) atoms. The Morgan fingerprint density at radius 1 is 1.04 bits per heavy atom. The van der Waals surface area contributed by atoms with Gasteiger partial charge in [0.2, 0.25) is 0 Å². The molecule has 0 aromatic heterocycles. The fraction of sp³-hybridized carbons (Fsp3) is 0.105. The summed E-state index contributed by atoms with van der Waals surface area (Å²) < 4.78 is 0. The first-order valence-corrected chi connectivity index (χ1v) is 7.37. The highest BCUT2D eigenvalue weighted by Crippen LogP contribution is 2.32. The van der Waals surface area contributed by atoms with Gasteiger partial charge >= 0.3 is 5.71 Å². The van der Waals surface area contributed by atoms with E-state index in [1.807, 2.05) is 61.5 Å². The average Bonchev–Trinajstić information content (AvgIpc) is 2.56. The molecule has 2 aromatic carbocycles. The summed E-state index contributed by atoms with van der Waals surface area (Å²) in [4.78, 5) is 3.42. The van der Waals surface area contributed by atoms with Gasteiger partial charge in [0, 0.05) is 5.57 Å². The molecule has 0 spiro atoms. The van der Waals surface area contributed by atoms with E-state index in [0.717, 1.165) is 16.7 Å². The van der Waals surface area contributed by atoms with E-state index in [4.69, 9.17) is 5.73 Å². The molecule has 4 nitrogen and oxygen atoms in total. The highest BCUT2D eigenvalue weighted by Gasteiger charge is 2.35. The molecule has 0 amide bonds. The number of aryl methyl sites for hydroxylation is 1. The van der Waals surface area contributed by atoms with Crippen LogP contribution in [0.15, 0.2) is 66.4 Å². The number of rotatable bonds is 2. The second-order valence-electron chi connectivity index (χ2n) is 5.50. The third-order valence-corrected chi connectivity index (χ3v) is 4.07. The van der Waals surface area contributed by atoms with E-state index in [1.54, 1.807) is 6.08 Å². The molecule has 0 fully saturated rings. The Hall–Kier alpha value is -2.94. The van der Waals surface area contributed by atoms with Crippen LogP contribution in [0.1, 0.15) is 16.7 Å². The maximum atomic E-state index is 10.5. The van der Waals surface area contributed by atoms with Gasteiger partial charge in [-0.25, -0.2) is 0 Å². The molecule has 0 heterocycles. The average molecular weight is 303 g/mol. The van der Waals surface area contributed by atoms with Gasteiger partial charge in [-0.2, -0.15) is 4.79 Å². The van der Waals surface area contributed by atoms with Crippen molar-refractivity contribution >= 4 is 16.9 Å². The van der Waals surface area contributed by atoms with Crippen molar-refractivity contribution in [2.75, 3.05) is 0 Å². The lowest BCUT2D eigenvalue weighted by molar-refractivity contribution is -0.00560. The van der Waals surface area contributed by atoms with Gasteiger partial charge in [-0.3, -0.25) is 0 Å². The van der Waals surface area contributed by atoms with Crippen molar-refractivity contribution in [2.24, 2.45) is 5.73 Å². The van der Waals surface area contributed by atoms with Crippen molar-refractivity contribution in [1.82, 2.24) is 0 Å². The van der Waals surface area contributed by atoms with Gasteiger partial charge in [0.05, 0.1) is 5.57 Å². The topological polar surface area (TPSA) is 82.7 Å². The molecule has 3 N–H and O–H groups in total. The van der Waals surface area contributed by atoms with Gasteiger partial charge in [-0.1, -0.05) is 54.6 Å². The summed E-state index contributed by atoms with van der Waals surface area (Å²) >= 11 is 0. The number of hydrogen-bond acceptors (Lipinski definition) is 2. The van der Waals surface area contributed by atoms with Gasteiger partial charge < -0.3 is 16.4 Å². The molecule has 3 rings (SSSR count). The Bertz CT molecular complexity index is 859. The zero-order valence-electron chi connectivity index (χ0n) is 12.8. The highest BCUT2D eigenvalue weighted by atomic mass is 16.3. The van der Waals surface area contributed by atoms with Crippen LogP contribution < -0.4 is 5.73 Å². The van der Waals surface area contributed by atoms with Crippen molar-refractivity contribution in [3.8, 4) is 0 Å². The molecule has 0 aliphatic heterocycles. The van der Waals surface area contributed by atoms with Crippen molar-refractivity contribution < 1.29 is 9.90 Å². The number of nitrogens with zero attached hydrogens (tertiary/aromatic N) is 2. The first-order chi connectivity index (χ1) is 11.1. The van der Waals surface area contributed by atoms with Gasteiger partial charge in [0.15, 0.2) is 0 Å². The third kappa shape index (κ3) is 2.61. The molecule has 114 valence electrons. The fourth-order valence-corrected chi connectivity index (χ4v) is 2.90. The molecule has 0 saturated carbocycles.